The highest BCUT2D eigenvalue weighted by Gasteiger charge is 2.42. The van der Waals surface area contributed by atoms with Crippen LogP contribution in [0.3, 0.4) is 0 Å². The summed E-state index contributed by atoms with van der Waals surface area (Å²) in [4.78, 5) is 2.53. The second-order valence-electron chi connectivity index (χ2n) is 18.1. The molecule has 68 heavy (non-hydrogen) atoms. The lowest BCUT2D eigenvalue weighted by Crippen LogP contribution is -2.22. The first kappa shape index (κ1) is 39.6. The predicted molar refractivity (Wildman–Crippen MR) is 287 cm³/mol. The van der Waals surface area contributed by atoms with E-state index < -0.39 is 0 Å². The van der Waals surface area contributed by atoms with Gasteiger partial charge in [-0.05, 0) is 116 Å². The van der Waals surface area contributed by atoms with Gasteiger partial charge in [0.25, 0.3) is 0 Å². The average molecular weight is 867 g/mol. The Balaban J connectivity index is 1.05. The van der Waals surface area contributed by atoms with Crippen molar-refractivity contribution in [3.63, 3.8) is 0 Å². The smallest absolute Gasteiger partial charge is 0.0547 e. The summed E-state index contributed by atoms with van der Waals surface area (Å²) >= 11 is 0. The molecule has 2 heteroatoms. The number of aromatic nitrogens is 1. The van der Waals surface area contributed by atoms with Gasteiger partial charge >= 0.3 is 0 Å². The van der Waals surface area contributed by atoms with Gasteiger partial charge in [0.05, 0.1) is 22.4 Å². The van der Waals surface area contributed by atoms with Crippen LogP contribution in [0, 0.1) is 0 Å². The van der Waals surface area contributed by atoms with Gasteiger partial charge in [0, 0.05) is 38.7 Å². The molecular formula is C66H46N2. The largest absolute Gasteiger partial charge is 0.309 e. The third-order valence-corrected chi connectivity index (χ3v) is 14.5. The van der Waals surface area contributed by atoms with E-state index >= 15 is 0 Å². The number of hydrogen-bond acceptors (Lipinski definition) is 1. The van der Waals surface area contributed by atoms with Crippen molar-refractivity contribution in [1.82, 2.24) is 4.57 Å². The topological polar surface area (TPSA) is 8.17 Å². The van der Waals surface area contributed by atoms with Crippen LogP contribution in [-0.4, -0.2) is 4.57 Å². The van der Waals surface area contributed by atoms with E-state index in [4.69, 9.17) is 0 Å². The SMILES string of the molecule is CC1(c2ccccc2)c2ccccc2-c2c(N(c3ccc(-c4cccc5c4c4ccccc4n5-c4ccccc4)cc3)c3ccccc3-c3cccc4cccc(-c5ccccc5)c34)cccc21. The number of rotatable bonds is 8. The van der Waals surface area contributed by atoms with Gasteiger partial charge in [-0.3, -0.25) is 0 Å². The minimum atomic E-state index is -0.351. The monoisotopic (exact) mass is 866 g/mol. The maximum Gasteiger partial charge on any atom is 0.0547 e. The van der Waals surface area contributed by atoms with E-state index in [1.165, 1.54) is 93.8 Å². The van der Waals surface area contributed by atoms with E-state index in [0.29, 0.717) is 0 Å². The van der Waals surface area contributed by atoms with E-state index in [1.54, 1.807) is 0 Å². The van der Waals surface area contributed by atoms with Crippen molar-refractivity contribution in [2.75, 3.05) is 4.90 Å². The molecule has 1 aliphatic carbocycles. The first-order valence-corrected chi connectivity index (χ1v) is 23.6. The Labute approximate surface area is 397 Å². The summed E-state index contributed by atoms with van der Waals surface area (Å²) in [7, 11) is 0. The fraction of sp³-hybridized carbons (Fsp3) is 0.0303. The van der Waals surface area contributed by atoms with Crippen LogP contribution in [0.2, 0.25) is 0 Å². The van der Waals surface area contributed by atoms with Crippen LogP contribution in [0.15, 0.2) is 261 Å². The lowest BCUT2D eigenvalue weighted by atomic mass is 9.74. The van der Waals surface area contributed by atoms with Gasteiger partial charge in [-0.15, -0.1) is 0 Å². The molecule has 0 radical (unpaired) electrons. The van der Waals surface area contributed by atoms with Crippen molar-refractivity contribution in [3.05, 3.63) is 278 Å². The number of fused-ring (bicyclic) bond motifs is 7. The molecule has 0 spiro atoms. The summed E-state index contributed by atoms with van der Waals surface area (Å²) in [5.41, 5.74) is 20.1. The van der Waals surface area contributed by atoms with Crippen LogP contribution in [0.25, 0.3) is 82.8 Å². The molecule has 13 rings (SSSR count). The van der Waals surface area contributed by atoms with Crippen LogP contribution in [0.5, 0.6) is 0 Å². The first-order chi connectivity index (χ1) is 33.7. The van der Waals surface area contributed by atoms with E-state index in [1.807, 2.05) is 0 Å². The minimum Gasteiger partial charge on any atom is -0.309 e. The van der Waals surface area contributed by atoms with Gasteiger partial charge in [-0.2, -0.15) is 0 Å². The maximum absolute atomic E-state index is 2.53. The molecule has 0 bridgehead atoms. The number of nitrogens with zero attached hydrogens (tertiary/aromatic N) is 2. The quantitative estimate of drug-likeness (QED) is 0.148. The third-order valence-electron chi connectivity index (χ3n) is 14.5. The van der Waals surface area contributed by atoms with Gasteiger partial charge in [-0.25, -0.2) is 0 Å². The molecule has 2 nitrogen and oxygen atoms in total. The summed E-state index contributed by atoms with van der Waals surface area (Å²) in [5, 5.41) is 4.95. The predicted octanol–water partition coefficient (Wildman–Crippen LogP) is 17.7. The Hall–Kier alpha value is -8.72. The second kappa shape index (κ2) is 16.0. The molecule has 1 aromatic heterocycles. The highest BCUT2D eigenvalue weighted by Crippen LogP contribution is 2.57. The van der Waals surface area contributed by atoms with Gasteiger partial charge in [0.1, 0.15) is 0 Å². The van der Waals surface area contributed by atoms with E-state index in [2.05, 4.69) is 277 Å². The fourth-order valence-corrected chi connectivity index (χ4v) is 11.4. The van der Waals surface area contributed by atoms with Crippen LogP contribution < -0.4 is 4.90 Å². The normalized spacial score (nSPS) is 14.0. The van der Waals surface area contributed by atoms with Gasteiger partial charge in [0.2, 0.25) is 0 Å². The molecule has 0 N–H and O–H groups in total. The minimum absolute atomic E-state index is 0.351. The Morgan fingerprint density at radius 2 is 0.882 bits per heavy atom. The number of hydrogen-bond donors (Lipinski definition) is 0. The number of benzene rings is 11. The molecular weight excluding hydrogens is 821 g/mol. The molecule has 1 aliphatic rings. The average Bonchev–Trinajstić information content (AvgIpc) is 3.90. The lowest BCUT2D eigenvalue weighted by Gasteiger charge is -2.32. The van der Waals surface area contributed by atoms with Crippen LogP contribution in [0.1, 0.15) is 23.6 Å². The lowest BCUT2D eigenvalue weighted by molar-refractivity contribution is 0.714. The highest BCUT2D eigenvalue weighted by atomic mass is 15.1. The zero-order valence-electron chi connectivity index (χ0n) is 37.7. The molecule has 0 amide bonds. The zero-order chi connectivity index (χ0) is 45.2. The maximum atomic E-state index is 2.53. The van der Waals surface area contributed by atoms with Crippen molar-refractivity contribution in [2.24, 2.45) is 0 Å². The highest BCUT2D eigenvalue weighted by molar-refractivity contribution is 6.16. The van der Waals surface area contributed by atoms with Crippen LogP contribution in [-0.2, 0) is 5.41 Å². The third kappa shape index (κ3) is 6.11. The molecule has 1 heterocycles. The summed E-state index contributed by atoms with van der Waals surface area (Å²) in [6.45, 7) is 2.40. The Kier molecular flexibility index (Phi) is 9.33. The molecule has 12 aromatic rings. The van der Waals surface area contributed by atoms with E-state index in [9.17, 15) is 0 Å². The summed E-state index contributed by atoms with van der Waals surface area (Å²) in [6.07, 6.45) is 0. The van der Waals surface area contributed by atoms with E-state index in [0.717, 1.165) is 22.7 Å². The molecule has 11 aromatic carbocycles. The fourth-order valence-electron chi connectivity index (χ4n) is 11.4. The Morgan fingerprint density at radius 3 is 1.66 bits per heavy atom. The standard InChI is InChI=1S/C66H46N2/c1-66(48-25-7-3-8-26-48)57-35-14-11-30-55(57)65-58(66)36-20-40-62(65)68(59-37-15-12-29-53(59)54-34-18-24-47-23-17-32-51(63(47)54)45-21-5-2-6-22-45)50-43-41-46(42-44-50)52-33-19-39-61-64(52)56-31-13-16-38-60(56)67(61)49-27-9-4-10-28-49/h2-44H,1H3. The van der Waals surface area contributed by atoms with Crippen molar-refractivity contribution < 1.29 is 0 Å². The second-order valence-corrected chi connectivity index (χ2v) is 18.1. The number of para-hydroxylation sites is 3. The molecule has 1 unspecified atom stereocenters. The summed E-state index contributed by atoms with van der Waals surface area (Å²) in [5.74, 6) is 0. The Bertz CT molecular complexity index is 3840. The van der Waals surface area contributed by atoms with Crippen LogP contribution >= 0.6 is 0 Å². The van der Waals surface area contributed by atoms with Gasteiger partial charge in [-0.1, -0.05) is 212 Å². The van der Waals surface area contributed by atoms with Crippen molar-refractivity contribution in [1.29, 1.82) is 0 Å². The first-order valence-electron chi connectivity index (χ1n) is 23.6. The molecule has 0 saturated heterocycles. The van der Waals surface area contributed by atoms with Crippen LogP contribution in [0.4, 0.5) is 17.1 Å². The molecule has 0 saturated carbocycles. The van der Waals surface area contributed by atoms with E-state index in [-0.39, 0.29) is 5.41 Å². The van der Waals surface area contributed by atoms with Crippen molar-refractivity contribution in [3.8, 4) is 50.2 Å². The van der Waals surface area contributed by atoms with Crippen molar-refractivity contribution in [2.45, 2.75) is 12.3 Å². The van der Waals surface area contributed by atoms with Gasteiger partial charge < -0.3 is 9.47 Å². The number of anilines is 3. The molecule has 320 valence electrons. The zero-order valence-corrected chi connectivity index (χ0v) is 37.7. The summed E-state index contributed by atoms with van der Waals surface area (Å²) in [6, 6.07) is 95.8. The molecule has 1 atom stereocenters. The van der Waals surface area contributed by atoms with Crippen molar-refractivity contribution >= 4 is 49.6 Å². The Morgan fingerprint density at radius 1 is 0.353 bits per heavy atom. The molecule has 0 fully saturated rings. The molecule has 0 aliphatic heterocycles. The van der Waals surface area contributed by atoms with Gasteiger partial charge in [0.15, 0.2) is 0 Å². The summed E-state index contributed by atoms with van der Waals surface area (Å²) < 4.78 is 2.40.